The van der Waals surface area contributed by atoms with Crippen LogP contribution in [0, 0.1) is 24.7 Å². The number of likely N-dealkylation sites (tertiary alicyclic amines) is 1. The summed E-state index contributed by atoms with van der Waals surface area (Å²) in [7, 11) is 0. The molecule has 0 aromatic carbocycles. The van der Waals surface area contributed by atoms with Crippen molar-refractivity contribution < 1.29 is 9.13 Å². The summed E-state index contributed by atoms with van der Waals surface area (Å²) in [5.74, 6) is 2.42. The molecule has 3 aliphatic heterocycles. The van der Waals surface area contributed by atoms with E-state index in [1.54, 1.807) is 0 Å². The monoisotopic (exact) mass is 553 g/mol. The number of hydrogen-bond acceptors (Lipinski definition) is 6. The first-order valence-corrected chi connectivity index (χ1v) is 14.6. The zero-order chi connectivity index (χ0) is 27.9. The average molecular weight is 554 g/mol. The molecule has 0 radical (unpaired) electrons. The highest BCUT2D eigenvalue weighted by atomic mass is 19.1. The minimum absolute atomic E-state index is 0.132. The summed E-state index contributed by atoms with van der Waals surface area (Å²) in [5, 5.41) is 12.2. The third-order valence-corrected chi connectivity index (χ3v) is 8.88. The number of allylic oxidation sites excluding steroid dienone is 6. The van der Waals surface area contributed by atoms with Gasteiger partial charge in [-0.3, -0.25) is 15.4 Å². The summed E-state index contributed by atoms with van der Waals surface area (Å²) in [6.07, 6.45) is 21.9. The van der Waals surface area contributed by atoms with Crippen LogP contribution in [0.3, 0.4) is 0 Å². The first-order chi connectivity index (χ1) is 20.0. The molecular formula is C32H36FN7O. The Bertz CT molecular complexity index is 1540. The van der Waals surface area contributed by atoms with Gasteiger partial charge in [0.25, 0.3) is 0 Å². The molecule has 41 heavy (non-hydrogen) atoms. The van der Waals surface area contributed by atoms with Crippen LogP contribution in [0.1, 0.15) is 48.5 Å². The number of hydrazone groups is 1. The zero-order valence-corrected chi connectivity index (χ0v) is 23.4. The van der Waals surface area contributed by atoms with Crippen molar-refractivity contribution >= 4 is 23.6 Å². The van der Waals surface area contributed by atoms with E-state index in [4.69, 9.17) is 4.74 Å². The predicted octanol–water partition coefficient (Wildman–Crippen LogP) is 5.39. The second-order valence-electron chi connectivity index (χ2n) is 11.7. The first-order valence-electron chi connectivity index (χ1n) is 14.6. The van der Waals surface area contributed by atoms with Gasteiger partial charge in [0.2, 0.25) is 5.90 Å². The molecule has 2 aromatic rings. The van der Waals surface area contributed by atoms with Crippen LogP contribution in [0.15, 0.2) is 71.4 Å². The fourth-order valence-electron chi connectivity index (χ4n) is 6.35. The molecule has 7 rings (SSSR count). The molecule has 5 aliphatic rings. The molecule has 8 nitrogen and oxygen atoms in total. The number of aromatic amines is 1. The van der Waals surface area contributed by atoms with Gasteiger partial charge in [-0.15, -0.1) is 5.10 Å². The van der Waals surface area contributed by atoms with E-state index >= 15 is 0 Å². The third-order valence-electron chi connectivity index (χ3n) is 8.88. The molecule has 5 heterocycles. The van der Waals surface area contributed by atoms with Crippen LogP contribution in [-0.2, 0) is 11.3 Å². The summed E-state index contributed by atoms with van der Waals surface area (Å²) in [4.78, 5) is 6.75. The Kier molecular flexibility index (Phi) is 6.82. The van der Waals surface area contributed by atoms with Gasteiger partial charge >= 0.3 is 0 Å². The van der Waals surface area contributed by atoms with Crippen molar-refractivity contribution in [2.45, 2.75) is 45.4 Å². The van der Waals surface area contributed by atoms with Crippen LogP contribution in [0.25, 0.3) is 17.7 Å². The minimum atomic E-state index is -0.206. The number of piperidine rings is 1. The van der Waals surface area contributed by atoms with Crippen LogP contribution in [-0.4, -0.2) is 56.4 Å². The number of H-pyrrole nitrogens is 1. The Morgan fingerprint density at radius 3 is 3.17 bits per heavy atom. The lowest BCUT2D eigenvalue weighted by atomic mass is 9.95. The molecule has 2 aromatic heterocycles. The van der Waals surface area contributed by atoms with E-state index < -0.39 is 0 Å². The highest BCUT2D eigenvalue weighted by Gasteiger charge is 2.41. The van der Waals surface area contributed by atoms with Crippen molar-refractivity contribution in [2.24, 2.45) is 22.9 Å². The van der Waals surface area contributed by atoms with E-state index in [-0.39, 0.29) is 23.9 Å². The van der Waals surface area contributed by atoms with Gasteiger partial charge in [0.1, 0.15) is 11.7 Å². The largest absolute Gasteiger partial charge is 0.451 e. The highest BCUT2D eigenvalue weighted by molar-refractivity contribution is 5.97. The molecule has 2 N–H and O–H groups in total. The van der Waals surface area contributed by atoms with Crippen LogP contribution in [0.5, 0.6) is 0 Å². The quantitative estimate of drug-likeness (QED) is 0.355. The van der Waals surface area contributed by atoms with Crippen molar-refractivity contribution in [1.82, 2.24) is 30.1 Å². The van der Waals surface area contributed by atoms with Crippen molar-refractivity contribution in [3.8, 4) is 0 Å². The van der Waals surface area contributed by atoms with E-state index in [0.29, 0.717) is 23.9 Å². The topological polar surface area (TPSA) is 83.4 Å². The Hall–Kier alpha value is -3.98. The van der Waals surface area contributed by atoms with Crippen molar-refractivity contribution in [3.05, 3.63) is 89.1 Å². The number of rotatable bonds is 7. The van der Waals surface area contributed by atoms with Crippen molar-refractivity contribution in [3.63, 3.8) is 0 Å². The number of nitrogens with one attached hydrogen (secondary N) is 2. The van der Waals surface area contributed by atoms with Gasteiger partial charge in [0, 0.05) is 60.6 Å². The van der Waals surface area contributed by atoms with Crippen LogP contribution < -0.4 is 5.43 Å². The van der Waals surface area contributed by atoms with Crippen LogP contribution >= 0.6 is 0 Å². The molecule has 1 saturated carbocycles. The van der Waals surface area contributed by atoms with Gasteiger partial charge in [-0.1, -0.05) is 24.8 Å². The molecule has 2 fully saturated rings. The fourth-order valence-corrected chi connectivity index (χ4v) is 6.35. The van der Waals surface area contributed by atoms with E-state index in [0.717, 1.165) is 79.2 Å². The van der Waals surface area contributed by atoms with Gasteiger partial charge < -0.3 is 9.30 Å². The smallest absolute Gasteiger partial charge is 0.239 e. The molecule has 0 spiro atoms. The van der Waals surface area contributed by atoms with E-state index in [1.165, 1.54) is 0 Å². The SMILES string of the molecule is C=C(/C=C\c1[nH]nc(C2=CCn3ccnc3C=C2)c1C)C1=NNC([C@@H]2CCCN(CC3=C(F)C4CC4C=CC3)C2)O1. The number of halogens is 1. The molecule has 4 atom stereocenters. The Labute approximate surface area is 239 Å². The lowest BCUT2D eigenvalue weighted by Gasteiger charge is -2.35. The van der Waals surface area contributed by atoms with E-state index in [1.807, 2.05) is 30.6 Å². The lowest BCUT2D eigenvalue weighted by Crippen LogP contribution is -2.44. The normalized spacial score (nSPS) is 27.5. The van der Waals surface area contributed by atoms with Gasteiger partial charge in [-0.05, 0) is 74.9 Å². The molecule has 3 unspecified atom stereocenters. The average Bonchev–Trinajstić information content (AvgIpc) is 3.27. The molecule has 2 aliphatic carbocycles. The Morgan fingerprint density at radius 2 is 2.24 bits per heavy atom. The summed E-state index contributed by atoms with van der Waals surface area (Å²) in [6, 6.07) is 0. The van der Waals surface area contributed by atoms with Gasteiger partial charge in [0.05, 0.1) is 11.4 Å². The Balaban J connectivity index is 0.948. The second kappa shape index (κ2) is 10.8. The zero-order valence-electron chi connectivity index (χ0n) is 23.4. The summed E-state index contributed by atoms with van der Waals surface area (Å²) >= 11 is 0. The number of aromatic nitrogens is 4. The molecule has 1 saturated heterocycles. The van der Waals surface area contributed by atoms with E-state index in [9.17, 15) is 4.39 Å². The third kappa shape index (κ3) is 5.26. The molecule has 0 bridgehead atoms. The molecular weight excluding hydrogens is 517 g/mol. The summed E-state index contributed by atoms with van der Waals surface area (Å²) in [5.41, 5.74) is 8.79. The number of nitrogens with zero attached hydrogens (tertiary/aromatic N) is 5. The van der Waals surface area contributed by atoms with Crippen molar-refractivity contribution in [2.75, 3.05) is 19.6 Å². The number of imidazole rings is 1. The number of ether oxygens (including phenoxy) is 1. The summed E-state index contributed by atoms with van der Waals surface area (Å²) in [6.45, 7) is 9.56. The van der Waals surface area contributed by atoms with Crippen LogP contribution in [0.2, 0.25) is 0 Å². The molecule has 0 amide bonds. The maximum atomic E-state index is 14.9. The van der Waals surface area contributed by atoms with Gasteiger partial charge in [-0.2, -0.15) is 5.10 Å². The van der Waals surface area contributed by atoms with Gasteiger partial charge in [-0.25, -0.2) is 9.37 Å². The Morgan fingerprint density at radius 1 is 1.32 bits per heavy atom. The maximum absolute atomic E-state index is 14.9. The minimum Gasteiger partial charge on any atom is -0.451 e. The fraction of sp³-hybridized carbons (Fsp3) is 0.406. The second-order valence-corrected chi connectivity index (χ2v) is 11.7. The maximum Gasteiger partial charge on any atom is 0.239 e. The van der Waals surface area contributed by atoms with Crippen molar-refractivity contribution in [1.29, 1.82) is 0 Å². The molecule has 212 valence electrons. The summed E-state index contributed by atoms with van der Waals surface area (Å²) < 4.78 is 23.3. The van der Waals surface area contributed by atoms with E-state index in [2.05, 4.69) is 73.0 Å². The van der Waals surface area contributed by atoms with Gasteiger partial charge in [0.15, 0.2) is 6.23 Å². The van der Waals surface area contributed by atoms with Crippen LogP contribution in [0.4, 0.5) is 4.39 Å². The molecule has 9 heteroatoms. The highest BCUT2D eigenvalue weighted by Crippen LogP contribution is 2.49. The number of hydrogen-bond donors (Lipinski definition) is 2. The predicted molar refractivity (Wildman–Crippen MR) is 159 cm³/mol. The number of fused-ring (bicyclic) bond motifs is 2. The first kappa shape index (κ1) is 26.0. The standard InChI is InChI=1S/C32H36FN7O/c1-20(8-10-27-21(2)30(36-35-27)22-9-11-28-34-13-16-40(28)15-12-22)31-37-38-32(41-31)25-7-4-14-39(19-25)18-24-6-3-5-23-17-26(23)29(24)33/h3,5,8-13,16,23,25-26,32,38H,1,4,6-7,14-15,17-19H2,2H3,(H,35,36)/b10-8-/t23?,25-,26?,32?/m1/s1. The lowest BCUT2D eigenvalue weighted by molar-refractivity contribution is 0.0595.